The number of urea groups is 1. The van der Waals surface area contributed by atoms with Crippen LogP contribution >= 0.6 is 0 Å². The monoisotopic (exact) mass is 278 g/mol. The Bertz CT molecular complexity index is 536. The Balaban J connectivity index is 1.89. The first-order chi connectivity index (χ1) is 9.54. The molecule has 0 spiro atoms. The van der Waals surface area contributed by atoms with Crippen molar-refractivity contribution in [2.45, 2.75) is 18.9 Å². The van der Waals surface area contributed by atoms with Crippen LogP contribution in [-0.4, -0.2) is 40.6 Å². The van der Waals surface area contributed by atoms with Gasteiger partial charge in [0.25, 0.3) is 0 Å². The van der Waals surface area contributed by atoms with E-state index in [1.165, 1.54) is 18.5 Å². The third kappa shape index (κ3) is 3.67. The minimum absolute atomic E-state index is 0.00673. The molecule has 0 aliphatic carbocycles. The molecule has 0 bridgehead atoms. The van der Waals surface area contributed by atoms with Crippen LogP contribution in [0.5, 0.6) is 0 Å². The molecule has 8 heteroatoms. The van der Waals surface area contributed by atoms with Crippen molar-refractivity contribution in [3.8, 4) is 0 Å². The van der Waals surface area contributed by atoms with Gasteiger partial charge in [-0.2, -0.15) is 0 Å². The van der Waals surface area contributed by atoms with Crippen LogP contribution in [0.2, 0.25) is 0 Å². The molecule has 1 aromatic heterocycles. The lowest BCUT2D eigenvalue weighted by Gasteiger charge is -2.23. The summed E-state index contributed by atoms with van der Waals surface area (Å²) in [4.78, 5) is 37.2. The number of carboxylic acid groups (broad SMARTS) is 1. The van der Waals surface area contributed by atoms with E-state index in [-0.39, 0.29) is 17.5 Å². The maximum atomic E-state index is 11.7. The largest absolute Gasteiger partial charge is 0.478 e. The number of piperidine rings is 1. The van der Waals surface area contributed by atoms with Crippen LogP contribution in [0.25, 0.3) is 0 Å². The quantitative estimate of drug-likeness (QED) is 0.628. The van der Waals surface area contributed by atoms with E-state index in [4.69, 9.17) is 5.11 Å². The molecule has 1 fully saturated rings. The first-order valence-electron chi connectivity index (χ1n) is 6.07. The average molecular weight is 278 g/mol. The van der Waals surface area contributed by atoms with Crippen molar-refractivity contribution in [3.05, 3.63) is 24.0 Å². The number of anilines is 1. The van der Waals surface area contributed by atoms with Gasteiger partial charge in [-0.05, 0) is 12.5 Å². The second-order valence-corrected chi connectivity index (χ2v) is 4.41. The van der Waals surface area contributed by atoms with Crippen molar-refractivity contribution >= 4 is 23.6 Å². The van der Waals surface area contributed by atoms with E-state index in [1.54, 1.807) is 0 Å². The fourth-order valence-corrected chi connectivity index (χ4v) is 1.83. The highest BCUT2D eigenvalue weighted by Crippen LogP contribution is 2.09. The van der Waals surface area contributed by atoms with Gasteiger partial charge in [-0.15, -0.1) is 0 Å². The van der Waals surface area contributed by atoms with Gasteiger partial charge in [-0.1, -0.05) is 0 Å². The van der Waals surface area contributed by atoms with E-state index >= 15 is 0 Å². The first-order valence-corrected chi connectivity index (χ1v) is 6.07. The summed E-state index contributed by atoms with van der Waals surface area (Å²) >= 11 is 0. The topological polar surface area (TPSA) is 120 Å². The number of carbonyl (C=O) groups is 3. The maximum Gasteiger partial charge on any atom is 0.337 e. The number of carboxylic acids is 1. The lowest BCUT2D eigenvalue weighted by atomic mass is 10.1. The molecule has 0 aromatic carbocycles. The molecular weight excluding hydrogens is 264 g/mol. The number of nitrogens with one attached hydrogen (secondary N) is 3. The van der Waals surface area contributed by atoms with Gasteiger partial charge >= 0.3 is 12.0 Å². The SMILES string of the molecule is O=C1CCC(NC(=O)Nc2cncc(C(=O)O)c2)CN1. The Morgan fingerprint density at radius 1 is 1.40 bits per heavy atom. The molecule has 8 nitrogen and oxygen atoms in total. The summed E-state index contributed by atoms with van der Waals surface area (Å²) < 4.78 is 0. The minimum atomic E-state index is -1.11. The number of aromatic nitrogens is 1. The Morgan fingerprint density at radius 3 is 2.85 bits per heavy atom. The van der Waals surface area contributed by atoms with Gasteiger partial charge < -0.3 is 21.1 Å². The van der Waals surface area contributed by atoms with Gasteiger partial charge in [0.15, 0.2) is 0 Å². The molecule has 1 aliphatic heterocycles. The Hall–Kier alpha value is -2.64. The highest BCUT2D eigenvalue weighted by atomic mass is 16.4. The van der Waals surface area contributed by atoms with Crippen molar-refractivity contribution < 1.29 is 19.5 Å². The van der Waals surface area contributed by atoms with Gasteiger partial charge in [-0.25, -0.2) is 9.59 Å². The van der Waals surface area contributed by atoms with Crippen molar-refractivity contribution in [1.82, 2.24) is 15.6 Å². The molecule has 1 aliphatic rings. The number of rotatable bonds is 3. The number of hydrogen-bond acceptors (Lipinski definition) is 4. The minimum Gasteiger partial charge on any atom is -0.478 e. The maximum absolute atomic E-state index is 11.7. The van der Waals surface area contributed by atoms with Crippen molar-refractivity contribution in [1.29, 1.82) is 0 Å². The molecule has 0 saturated carbocycles. The number of carbonyl (C=O) groups excluding carboxylic acids is 2. The summed E-state index contributed by atoms with van der Waals surface area (Å²) in [6.45, 7) is 0.389. The Labute approximate surface area is 114 Å². The van der Waals surface area contributed by atoms with Crippen LogP contribution in [-0.2, 0) is 4.79 Å². The van der Waals surface area contributed by atoms with Gasteiger partial charge in [0.1, 0.15) is 0 Å². The Kier molecular flexibility index (Phi) is 4.14. The van der Waals surface area contributed by atoms with Crippen LogP contribution in [0.4, 0.5) is 10.5 Å². The zero-order valence-corrected chi connectivity index (χ0v) is 10.5. The molecule has 1 aromatic rings. The number of pyridine rings is 1. The van der Waals surface area contributed by atoms with Crippen molar-refractivity contribution in [2.24, 2.45) is 0 Å². The standard InChI is InChI=1S/C12H14N4O4/c17-10-2-1-8(6-14-10)15-12(20)16-9-3-7(11(18)19)4-13-5-9/h3-5,8H,1-2,6H2,(H,14,17)(H,18,19)(H2,15,16,20). The number of aromatic carboxylic acids is 1. The summed E-state index contributed by atoms with van der Waals surface area (Å²) in [5.41, 5.74) is 0.287. The summed E-state index contributed by atoms with van der Waals surface area (Å²) in [5.74, 6) is -1.14. The van der Waals surface area contributed by atoms with Crippen LogP contribution in [0.3, 0.4) is 0 Å². The van der Waals surface area contributed by atoms with Crippen LogP contribution in [0.15, 0.2) is 18.5 Å². The molecule has 0 radical (unpaired) electrons. The third-order valence-corrected chi connectivity index (χ3v) is 2.84. The van der Waals surface area contributed by atoms with E-state index in [0.717, 1.165) is 0 Å². The molecule has 1 saturated heterocycles. The highest BCUT2D eigenvalue weighted by Gasteiger charge is 2.19. The first kappa shape index (κ1) is 13.8. The smallest absolute Gasteiger partial charge is 0.337 e. The molecule has 1 atom stereocenters. The fourth-order valence-electron chi connectivity index (χ4n) is 1.83. The Morgan fingerprint density at radius 2 is 2.20 bits per heavy atom. The molecule has 3 amide bonds. The molecule has 2 heterocycles. The van der Waals surface area contributed by atoms with E-state index in [2.05, 4.69) is 20.9 Å². The van der Waals surface area contributed by atoms with Crippen molar-refractivity contribution in [2.75, 3.05) is 11.9 Å². The van der Waals surface area contributed by atoms with Gasteiger partial charge in [-0.3, -0.25) is 9.78 Å². The second kappa shape index (κ2) is 6.00. The zero-order chi connectivity index (χ0) is 14.5. The normalized spacial score (nSPS) is 18.0. The molecule has 106 valence electrons. The molecule has 20 heavy (non-hydrogen) atoms. The summed E-state index contributed by atoms with van der Waals surface area (Å²) in [6, 6.07) is 0.719. The van der Waals surface area contributed by atoms with Crippen LogP contribution in [0, 0.1) is 0 Å². The number of hydrogen-bond donors (Lipinski definition) is 4. The number of amides is 3. The predicted octanol–water partition coefficient (Wildman–Crippen LogP) is 0.180. The molecule has 2 rings (SSSR count). The average Bonchev–Trinajstić information content (AvgIpc) is 2.41. The zero-order valence-electron chi connectivity index (χ0n) is 10.5. The van der Waals surface area contributed by atoms with Gasteiger partial charge in [0.05, 0.1) is 17.4 Å². The number of nitrogens with zero attached hydrogens (tertiary/aromatic N) is 1. The van der Waals surface area contributed by atoms with Crippen LogP contribution < -0.4 is 16.0 Å². The van der Waals surface area contributed by atoms with E-state index in [1.807, 2.05) is 0 Å². The summed E-state index contributed by atoms with van der Waals surface area (Å²) in [6.07, 6.45) is 3.50. The highest BCUT2D eigenvalue weighted by molar-refractivity contribution is 5.92. The molecule has 4 N–H and O–H groups in total. The lowest BCUT2D eigenvalue weighted by molar-refractivity contribution is -0.122. The third-order valence-electron chi connectivity index (χ3n) is 2.84. The molecule has 1 unspecified atom stereocenters. The van der Waals surface area contributed by atoms with Crippen molar-refractivity contribution in [3.63, 3.8) is 0 Å². The summed E-state index contributed by atoms with van der Waals surface area (Å²) in [7, 11) is 0. The summed E-state index contributed by atoms with van der Waals surface area (Å²) in [5, 5.41) is 16.7. The second-order valence-electron chi connectivity index (χ2n) is 4.41. The fraction of sp³-hybridized carbons (Fsp3) is 0.333. The predicted molar refractivity (Wildman–Crippen MR) is 69.4 cm³/mol. The van der Waals surface area contributed by atoms with E-state index in [0.29, 0.717) is 25.1 Å². The van der Waals surface area contributed by atoms with Crippen LogP contribution in [0.1, 0.15) is 23.2 Å². The van der Waals surface area contributed by atoms with E-state index < -0.39 is 12.0 Å². The van der Waals surface area contributed by atoms with Gasteiger partial charge in [0.2, 0.25) is 5.91 Å². The van der Waals surface area contributed by atoms with E-state index in [9.17, 15) is 14.4 Å². The van der Waals surface area contributed by atoms with Gasteiger partial charge in [0, 0.05) is 25.2 Å². The molecular formula is C12H14N4O4. The lowest BCUT2D eigenvalue weighted by Crippen LogP contribution is -2.48.